The van der Waals surface area contributed by atoms with Gasteiger partial charge in [0.05, 0.1) is 12.2 Å². The number of nitrogens with one attached hydrogen (secondary N) is 1. The summed E-state index contributed by atoms with van der Waals surface area (Å²) < 4.78 is 0. The zero-order valence-electron chi connectivity index (χ0n) is 7.96. The highest BCUT2D eigenvalue weighted by Gasteiger charge is 2.04. The molecule has 1 aromatic heterocycles. The van der Waals surface area contributed by atoms with Crippen molar-refractivity contribution in [2.45, 2.75) is 26.3 Å². The van der Waals surface area contributed by atoms with E-state index in [2.05, 4.69) is 15.3 Å². The molecule has 0 saturated carbocycles. The fourth-order valence-corrected chi connectivity index (χ4v) is 1.14. The predicted molar refractivity (Wildman–Crippen MR) is 53.8 cm³/mol. The molecule has 0 spiro atoms. The number of carbonyl (C=O) groups is 1. The minimum atomic E-state index is 0.00854. The smallest absolute Gasteiger partial charge is 0.220 e. The van der Waals surface area contributed by atoms with Crippen molar-refractivity contribution in [2.75, 3.05) is 0 Å². The standard InChI is InChI=1S/C9H12ClN3O/c1-2-3-8(14)13-6-7-9(10)12-5-4-11-7/h4-5H,2-3,6H2,1H3,(H,13,14). The van der Waals surface area contributed by atoms with Crippen LogP contribution in [0.5, 0.6) is 0 Å². The number of carbonyl (C=O) groups excluding carboxylic acids is 1. The van der Waals surface area contributed by atoms with Crippen LogP contribution in [0.15, 0.2) is 12.4 Å². The molecule has 0 aliphatic heterocycles. The van der Waals surface area contributed by atoms with E-state index in [4.69, 9.17) is 11.6 Å². The van der Waals surface area contributed by atoms with Crippen molar-refractivity contribution < 1.29 is 4.79 Å². The Kier molecular flexibility index (Phi) is 4.32. The molecule has 1 amide bonds. The first kappa shape index (κ1) is 10.9. The molecule has 0 aliphatic rings. The summed E-state index contributed by atoms with van der Waals surface area (Å²) in [6, 6.07) is 0. The maximum Gasteiger partial charge on any atom is 0.220 e. The Bertz CT molecular complexity index is 317. The van der Waals surface area contributed by atoms with E-state index in [-0.39, 0.29) is 5.91 Å². The Morgan fingerprint density at radius 1 is 1.50 bits per heavy atom. The minimum absolute atomic E-state index is 0.00854. The molecule has 1 rings (SSSR count). The van der Waals surface area contributed by atoms with Crippen molar-refractivity contribution in [3.8, 4) is 0 Å². The van der Waals surface area contributed by atoms with Crippen LogP contribution in [0.4, 0.5) is 0 Å². The van der Waals surface area contributed by atoms with Gasteiger partial charge in [-0.25, -0.2) is 4.98 Å². The van der Waals surface area contributed by atoms with Gasteiger partial charge in [-0.2, -0.15) is 0 Å². The monoisotopic (exact) mass is 213 g/mol. The van der Waals surface area contributed by atoms with Crippen molar-refractivity contribution in [1.82, 2.24) is 15.3 Å². The third-order valence-corrected chi connectivity index (χ3v) is 1.97. The van der Waals surface area contributed by atoms with Gasteiger partial charge in [0, 0.05) is 18.8 Å². The van der Waals surface area contributed by atoms with Crippen molar-refractivity contribution in [3.05, 3.63) is 23.2 Å². The lowest BCUT2D eigenvalue weighted by Gasteiger charge is -2.03. The fraction of sp³-hybridized carbons (Fsp3) is 0.444. The summed E-state index contributed by atoms with van der Waals surface area (Å²) in [5, 5.41) is 3.05. The molecular formula is C9H12ClN3O. The van der Waals surface area contributed by atoms with E-state index in [1.165, 1.54) is 6.20 Å². The lowest BCUT2D eigenvalue weighted by atomic mass is 10.3. The predicted octanol–water partition coefficient (Wildman–Crippen LogP) is 1.55. The molecular weight excluding hydrogens is 202 g/mol. The fourth-order valence-electron chi connectivity index (χ4n) is 0.966. The molecule has 14 heavy (non-hydrogen) atoms. The first-order valence-electron chi connectivity index (χ1n) is 4.46. The van der Waals surface area contributed by atoms with E-state index in [1.54, 1.807) is 6.20 Å². The molecule has 0 fully saturated rings. The van der Waals surface area contributed by atoms with Crippen LogP contribution in [0.1, 0.15) is 25.5 Å². The molecule has 0 aromatic carbocycles. The van der Waals surface area contributed by atoms with Crippen molar-refractivity contribution in [3.63, 3.8) is 0 Å². The van der Waals surface area contributed by atoms with Gasteiger partial charge in [-0.1, -0.05) is 18.5 Å². The SMILES string of the molecule is CCCC(=O)NCc1nccnc1Cl. The molecule has 76 valence electrons. The lowest BCUT2D eigenvalue weighted by Crippen LogP contribution is -2.22. The highest BCUT2D eigenvalue weighted by atomic mass is 35.5. The van der Waals surface area contributed by atoms with Crippen LogP contribution in [0, 0.1) is 0 Å². The first-order valence-corrected chi connectivity index (χ1v) is 4.84. The molecule has 4 nitrogen and oxygen atoms in total. The summed E-state index contributed by atoms with van der Waals surface area (Å²) in [6.45, 7) is 2.29. The van der Waals surface area contributed by atoms with Gasteiger partial charge < -0.3 is 5.32 Å². The number of halogens is 1. The molecule has 1 heterocycles. The number of rotatable bonds is 4. The van der Waals surface area contributed by atoms with Crippen LogP contribution in [-0.2, 0) is 11.3 Å². The summed E-state index contributed by atoms with van der Waals surface area (Å²) in [5.74, 6) is 0.00854. The van der Waals surface area contributed by atoms with Gasteiger partial charge in [-0.3, -0.25) is 9.78 Å². The first-order chi connectivity index (χ1) is 6.74. The Morgan fingerprint density at radius 2 is 2.21 bits per heavy atom. The van der Waals surface area contributed by atoms with Crippen LogP contribution in [0.3, 0.4) is 0 Å². The normalized spacial score (nSPS) is 9.86. The Morgan fingerprint density at radius 3 is 2.86 bits per heavy atom. The van der Waals surface area contributed by atoms with Gasteiger partial charge in [-0.05, 0) is 6.42 Å². The zero-order valence-corrected chi connectivity index (χ0v) is 8.71. The van der Waals surface area contributed by atoms with Crippen LogP contribution < -0.4 is 5.32 Å². The molecule has 0 atom stereocenters. The summed E-state index contributed by atoms with van der Waals surface area (Å²) in [5.41, 5.74) is 0.596. The van der Waals surface area contributed by atoms with E-state index in [1.807, 2.05) is 6.92 Å². The Labute approximate surface area is 87.7 Å². The quantitative estimate of drug-likeness (QED) is 0.826. The van der Waals surface area contributed by atoms with Crippen LogP contribution in [0.25, 0.3) is 0 Å². The van der Waals surface area contributed by atoms with Crippen molar-refractivity contribution >= 4 is 17.5 Å². The van der Waals surface area contributed by atoms with Crippen molar-refractivity contribution in [1.29, 1.82) is 0 Å². The average Bonchev–Trinajstić information content (AvgIpc) is 2.17. The van der Waals surface area contributed by atoms with Crippen LogP contribution in [-0.4, -0.2) is 15.9 Å². The molecule has 0 radical (unpaired) electrons. The van der Waals surface area contributed by atoms with Gasteiger partial charge in [0.2, 0.25) is 5.91 Å². The summed E-state index contributed by atoms with van der Waals surface area (Å²) in [6.07, 6.45) is 4.42. The van der Waals surface area contributed by atoms with Crippen molar-refractivity contribution in [2.24, 2.45) is 0 Å². The summed E-state index contributed by atoms with van der Waals surface area (Å²) >= 11 is 5.76. The van der Waals surface area contributed by atoms with Gasteiger partial charge in [0.1, 0.15) is 0 Å². The molecule has 0 unspecified atom stereocenters. The van der Waals surface area contributed by atoms with E-state index in [0.717, 1.165) is 6.42 Å². The number of amides is 1. The van der Waals surface area contributed by atoms with Gasteiger partial charge in [-0.15, -0.1) is 0 Å². The highest BCUT2D eigenvalue weighted by Crippen LogP contribution is 2.07. The largest absolute Gasteiger partial charge is 0.350 e. The minimum Gasteiger partial charge on any atom is -0.350 e. The maximum atomic E-state index is 11.1. The van der Waals surface area contributed by atoms with E-state index >= 15 is 0 Å². The second-order valence-electron chi connectivity index (χ2n) is 2.82. The molecule has 0 aliphatic carbocycles. The molecule has 1 aromatic rings. The second-order valence-corrected chi connectivity index (χ2v) is 3.18. The van der Waals surface area contributed by atoms with Gasteiger partial charge in [0.15, 0.2) is 5.15 Å². The van der Waals surface area contributed by atoms with Crippen LogP contribution in [0.2, 0.25) is 5.15 Å². The molecule has 0 saturated heterocycles. The zero-order chi connectivity index (χ0) is 10.4. The Hall–Kier alpha value is -1.16. The number of aromatic nitrogens is 2. The third kappa shape index (κ3) is 3.30. The number of hydrogen-bond acceptors (Lipinski definition) is 3. The Balaban J connectivity index is 2.46. The topological polar surface area (TPSA) is 54.9 Å². The summed E-state index contributed by atoms with van der Waals surface area (Å²) in [7, 11) is 0. The molecule has 0 bridgehead atoms. The lowest BCUT2D eigenvalue weighted by molar-refractivity contribution is -0.121. The molecule has 1 N–H and O–H groups in total. The highest BCUT2D eigenvalue weighted by molar-refractivity contribution is 6.29. The summed E-state index contributed by atoms with van der Waals surface area (Å²) in [4.78, 5) is 19.0. The average molecular weight is 214 g/mol. The van der Waals surface area contributed by atoms with Gasteiger partial charge in [0.25, 0.3) is 0 Å². The number of nitrogens with zero attached hydrogens (tertiary/aromatic N) is 2. The number of hydrogen-bond donors (Lipinski definition) is 1. The van der Waals surface area contributed by atoms with E-state index in [9.17, 15) is 4.79 Å². The molecule has 5 heteroatoms. The van der Waals surface area contributed by atoms with E-state index in [0.29, 0.717) is 23.8 Å². The maximum absolute atomic E-state index is 11.1. The van der Waals surface area contributed by atoms with Crippen LogP contribution >= 0.6 is 11.6 Å². The van der Waals surface area contributed by atoms with Gasteiger partial charge >= 0.3 is 0 Å². The third-order valence-electron chi connectivity index (χ3n) is 1.65. The van der Waals surface area contributed by atoms with E-state index < -0.39 is 0 Å². The second kappa shape index (κ2) is 5.54.